The van der Waals surface area contributed by atoms with Crippen LogP contribution in [0.5, 0.6) is 0 Å². The summed E-state index contributed by atoms with van der Waals surface area (Å²) in [5, 5.41) is 0. The predicted molar refractivity (Wildman–Crippen MR) is 57.7 cm³/mol. The number of likely N-dealkylation sites (tertiary alicyclic amines) is 1. The Morgan fingerprint density at radius 1 is 1.46 bits per heavy atom. The zero-order chi connectivity index (χ0) is 10.1. The number of nitrogens with zero attached hydrogens (tertiary/aromatic N) is 1. The highest BCUT2D eigenvalue weighted by Crippen LogP contribution is 2.28. The molecule has 1 aliphatic rings. The predicted octanol–water partition coefficient (Wildman–Crippen LogP) is 1.70. The number of rotatable bonds is 3. The lowest BCUT2D eigenvalue weighted by Crippen LogP contribution is -2.53. The van der Waals surface area contributed by atoms with Gasteiger partial charge in [0, 0.05) is 25.7 Å². The van der Waals surface area contributed by atoms with Crippen LogP contribution in [0.1, 0.15) is 34.1 Å². The first-order valence-electron chi connectivity index (χ1n) is 5.39. The van der Waals surface area contributed by atoms with Crippen LogP contribution in [0.15, 0.2) is 0 Å². The highest BCUT2D eigenvalue weighted by atomic mass is 15.2. The summed E-state index contributed by atoms with van der Waals surface area (Å²) in [7, 11) is 0. The molecule has 0 radical (unpaired) electrons. The van der Waals surface area contributed by atoms with Gasteiger partial charge in [-0.25, -0.2) is 0 Å². The van der Waals surface area contributed by atoms with Gasteiger partial charge in [0.2, 0.25) is 0 Å². The maximum atomic E-state index is 5.67. The van der Waals surface area contributed by atoms with Gasteiger partial charge in [0.15, 0.2) is 0 Å². The SMILES string of the molecule is CC(CN1CCC1CN)C(C)(C)C. The number of nitrogens with two attached hydrogens (primary N) is 1. The first-order valence-corrected chi connectivity index (χ1v) is 5.39. The van der Waals surface area contributed by atoms with Crippen molar-refractivity contribution in [3.05, 3.63) is 0 Å². The van der Waals surface area contributed by atoms with Gasteiger partial charge < -0.3 is 5.73 Å². The molecule has 2 nitrogen and oxygen atoms in total. The minimum Gasteiger partial charge on any atom is -0.329 e. The Morgan fingerprint density at radius 3 is 2.38 bits per heavy atom. The van der Waals surface area contributed by atoms with Gasteiger partial charge in [0.1, 0.15) is 0 Å². The largest absolute Gasteiger partial charge is 0.329 e. The second kappa shape index (κ2) is 3.97. The molecule has 13 heavy (non-hydrogen) atoms. The van der Waals surface area contributed by atoms with E-state index in [1.165, 1.54) is 19.5 Å². The van der Waals surface area contributed by atoms with Gasteiger partial charge in [0.25, 0.3) is 0 Å². The molecule has 0 spiro atoms. The molecule has 1 heterocycles. The zero-order valence-electron chi connectivity index (χ0n) is 9.51. The van der Waals surface area contributed by atoms with E-state index in [1.54, 1.807) is 0 Å². The van der Waals surface area contributed by atoms with E-state index in [1.807, 2.05) is 0 Å². The quantitative estimate of drug-likeness (QED) is 0.723. The van der Waals surface area contributed by atoms with E-state index in [0.717, 1.165) is 12.5 Å². The molecule has 1 fully saturated rings. The van der Waals surface area contributed by atoms with Crippen LogP contribution in [0, 0.1) is 11.3 Å². The molecule has 2 N–H and O–H groups in total. The fourth-order valence-corrected chi connectivity index (χ4v) is 1.63. The van der Waals surface area contributed by atoms with Crippen LogP contribution in [-0.2, 0) is 0 Å². The zero-order valence-corrected chi connectivity index (χ0v) is 9.51. The van der Waals surface area contributed by atoms with Crippen LogP contribution in [0.25, 0.3) is 0 Å². The van der Waals surface area contributed by atoms with Gasteiger partial charge in [-0.1, -0.05) is 27.7 Å². The molecule has 0 saturated carbocycles. The number of hydrogen-bond acceptors (Lipinski definition) is 2. The van der Waals surface area contributed by atoms with Crippen LogP contribution in [0.4, 0.5) is 0 Å². The molecule has 0 aromatic heterocycles. The molecule has 0 aliphatic carbocycles. The summed E-state index contributed by atoms with van der Waals surface area (Å²) in [4.78, 5) is 2.52. The first-order chi connectivity index (χ1) is 5.95. The van der Waals surface area contributed by atoms with Crippen molar-refractivity contribution in [2.45, 2.75) is 40.2 Å². The van der Waals surface area contributed by atoms with Crippen molar-refractivity contribution in [1.82, 2.24) is 4.90 Å². The van der Waals surface area contributed by atoms with E-state index in [2.05, 4.69) is 32.6 Å². The molecule has 0 amide bonds. The molecule has 2 unspecified atom stereocenters. The van der Waals surface area contributed by atoms with Crippen LogP contribution in [0.3, 0.4) is 0 Å². The van der Waals surface area contributed by atoms with Crippen molar-refractivity contribution >= 4 is 0 Å². The summed E-state index contributed by atoms with van der Waals surface area (Å²) in [5.74, 6) is 0.752. The van der Waals surface area contributed by atoms with Crippen molar-refractivity contribution in [2.24, 2.45) is 17.1 Å². The van der Waals surface area contributed by atoms with Crippen LogP contribution in [-0.4, -0.2) is 30.6 Å². The molecule has 2 heteroatoms. The molecule has 1 rings (SSSR count). The van der Waals surface area contributed by atoms with Gasteiger partial charge in [-0.05, 0) is 17.8 Å². The monoisotopic (exact) mass is 184 g/mol. The Hall–Kier alpha value is -0.0800. The van der Waals surface area contributed by atoms with E-state index in [4.69, 9.17) is 5.73 Å². The lowest BCUT2D eigenvalue weighted by molar-refractivity contribution is 0.0546. The fraction of sp³-hybridized carbons (Fsp3) is 1.00. The van der Waals surface area contributed by atoms with Crippen molar-refractivity contribution < 1.29 is 0 Å². The summed E-state index contributed by atoms with van der Waals surface area (Å²) < 4.78 is 0. The molecule has 78 valence electrons. The number of hydrogen-bond donors (Lipinski definition) is 1. The van der Waals surface area contributed by atoms with Crippen molar-refractivity contribution in [3.63, 3.8) is 0 Å². The molecular weight excluding hydrogens is 160 g/mol. The fourth-order valence-electron chi connectivity index (χ4n) is 1.63. The molecule has 1 saturated heterocycles. The summed E-state index contributed by atoms with van der Waals surface area (Å²) >= 11 is 0. The maximum absolute atomic E-state index is 5.67. The van der Waals surface area contributed by atoms with Gasteiger partial charge >= 0.3 is 0 Å². The van der Waals surface area contributed by atoms with Crippen LogP contribution < -0.4 is 5.73 Å². The Bertz CT molecular complexity index is 158. The summed E-state index contributed by atoms with van der Waals surface area (Å²) in [5.41, 5.74) is 6.09. The third-order valence-electron chi connectivity index (χ3n) is 3.52. The molecule has 2 atom stereocenters. The van der Waals surface area contributed by atoms with Gasteiger partial charge in [-0.3, -0.25) is 4.90 Å². The molecule has 0 bridgehead atoms. The molecular formula is C11H24N2. The normalized spacial score (nSPS) is 27.0. The van der Waals surface area contributed by atoms with Crippen molar-refractivity contribution in [2.75, 3.05) is 19.6 Å². The van der Waals surface area contributed by atoms with E-state index < -0.39 is 0 Å². The van der Waals surface area contributed by atoms with Gasteiger partial charge in [0.05, 0.1) is 0 Å². The van der Waals surface area contributed by atoms with E-state index >= 15 is 0 Å². The van der Waals surface area contributed by atoms with E-state index in [-0.39, 0.29) is 0 Å². The Labute approximate surface area is 82.5 Å². The van der Waals surface area contributed by atoms with E-state index in [0.29, 0.717) is 11.5 Å². The smallest absolute Gasteiger partial charge is 0.0230 e. The average molecular weight is 184 g/mol. The minimum absolute atomic E-state index is 0.425. The Morgan fingerprint density at radius 2 is 2.08 bits per heavy atom. The van der Waals surface area contributed by atoms with Crippen LogP contribution >= 0.6 is 0 Å². The summed E-state index contributed by atoms with van der Waals surface area (Å²) in [6.45, 7) is 12.6. The van der Waals surface area contributed by atoms with Crippen molar-refractivity contribution in [1.29, 1.82) is 0 Å². The standard InChI is InChI=1S/C11H24N2/c1-9(11(2,3)4)8-13-6-5-10(13)7-12/h9-10H,5-8,12H2,1-4H3. The Kier molecular flexibility index (Phi) is 3.36. The van der Waals surface area contributed by atoms with Crippen molar-refractivity contribution in [3.8, 4) is 0 Å². The highest BCUT2D eigenvalue weighted by Gasteiger charge is 2.30. The second-order valence-electron chi connectivity index (χ2n) is 5.44. The third kappa shape index (κ3) is 2.68. The average Bonchev–Trinajstić information content (AvgIpc) is 1.96. The van der Waals surface area contributed by atoms with Gasteiger partial charge in [-0.2, -0.15) is 0 Å². The lowest BCUT2D eigenvalue weighted by atomic mass is 9.81. The molecule has 1 aliphatic heterocycles. The van der Waals surface area contributed by atoms with E-state index in [9.17, 15) is 0 Å². The van der Waals surface area contributed by atoms with Gasteiger partial charge in [-0.15, -0.1) is 0 Å². The highest BCUT2D eigenvalue weighted by molar-refractivity contribution is 4.86. The summed E-state index contributed by atoms with van der Waals surface area (Å²) in [6, 6.07) is 0.671. The first kappa shape index (κ1) is 11.0. The topological polar surface area (TPSA) is 29.3 Å². The summed E-state index contributed by atoms with van der Waals surface area (Å²) in [6.07, 6.45) is 1.30. The molecule has 0 aromatic carbocycles. The molecule has 0 aromatic rings. The minimum atomic E-state index is 0.425. The lowest BCUT2D eigenvalue weighted by Gasteiger charge is -2.44. The maximum Gasteiger partial charge on any atom is 0.0230 e. The Balaban J connectivity index is 2.32. The third-order valence-corrected chi connectivity index (χ3v) is 3.52. The van der Waals surface area contributed by atoms with Crippen LogP contribution in [0.2, 0.25) is 0 Å². The second-order valence-corrected chi connectivity index (χ2v) is 5.44.